The summed E-state index contributed by atoms with van der Waals surface area (Å²) in [6, 6.07) is 5.43. The fourth-order valence-electron chi connectivity index (χ4n) is 2.37. The zero-order valence-corrected chi connectivity index (χ0v) is 12.5. The van der Waals surface area contributed by atoms with Crippen LogP contribution in [0, 0.1) is 0 Å². The molecule has 1 aliphatic heterocycles. The standard InChI is InChI=1S/C15H22N4O2/c1-11(2)17-15(21)18-12-6-9-19(10-7-12)14(20)13-5-3-4-8-16-13/h3-5,8,11-12H,6-7,9-10H2,1-2H3,(H2,17,18,21). The molecular weight excluding hydrogens is 268 g/mol. The topological polar surface area (TPSA) is 74.3 Å². The molecule has 2 N–H and O–H groups in total. The molecule has 2 rings (SSSR count). The van der Waals surface area contributed by atoms with E-state index in [2.05, 4.69) is 15.6 Å². The van der Waals surface area contributed by atoms with Crippen molar-refractivity contribution in [1.29, 1.82) is 0 Å². The molecule has 0 radical (unpaired) electrons. The fraction of sp³-hybridized carbons (Fsp3) is 0.533. The van der Waals surface area contributed by atoms with E-state index >= 15 is 0 Å². The molecule has 0 saturated carbocycles. The van der Waals surface area contributed by atoms with E-state index in [-0.39, 0.29) is 24.0 Å². The van der Waals surface area contributed by atoms with E-state index in [1.807, 2.05) is 19.9 Å². The summed E-state index contributed by atoms with van der Waals surface area (Å²) in [6.07, 6.45) is 3.16. The van der Waals surface area contributed by atoms with Gasteiger partial charge in [-0.15, -0.1) is 0 Å². The zero-order chi connectivity index (χ0) is 15.2. The number of piperidine rings is 1. The number of carbonyl (C=O) groups excluding carboxylic acids is 2. The van der Waals surface area contributed by atoms with E-state index < -0.39 is 0 Å². The normalized spacial score (nSPS) is 15.9. The first-order valence-electron chi connectivity index (χ1n) is 7.33. The number of pyridine rings is 1. The first-order valence-corrected chi connectivity index (χ1v) is 7.33. The number of nitrogens with one attached hydrogen (secondary N) is 2. The van der Waals surface area contributed by atoms with Gasteiger partial charge < -0.3 is 15.5 Å². The Bertz CT molecular complexity index is 482. The highest BCUT2D eigenvalue weighted by Crippen LogP contribution is 2.13. The van der Waals surface area contributed by atoms with Gasteiger partial charge >= 0.3 is 6.03 Å². The molecular formula is C15H22N4O2. The predicted octanol–water partition coefficient (Wildman–Crippen LogP) is 1.39. The van der Waals surface area contributed by atoms with Gasteiger partial charge in [0, 0.05) is 31.4 Å². The van der Waals surface area contributed by atoms with Crippen LogP contribution in [0.25, 0.3) is 0 Å². The molecule has 2 heterocycles. The van der Waals surface area contributed by atoms with E-state index in [0.717, 1.165) is 12.8 Å². The number of amides is 3. The van der Waals surface area contributed by atoms with E-state index in [4.69, 9.17) is 0 Å². The van der Waals surface area contributed by atoms with Gasteiger partial charge in [0.05, 0.1) is 0 Å². The van der Waals surface area contributed by atoms with Crippen LogP contribution in [0.3, 0.4) is 0 Å². The van der Waals surface area contributed by atoms with Crippen LogP contribution in [0.4, 0.5) is 4.79 Å². The van der Waals surface area contributed by atoms with Gasteiger partial charge in [-0.1, -0.05) is 6.07 Å². The molecule has 0 aromatic carbocycles. The highest BCUT2D eigenvalue weighted by Gasteiger charge is 2.25. The van der Waals surface area contributed by atoms with Crippen molar-refractivity contribution >= 4 is 11.9 Å². The quantitative estimate of drug-likeness (QED) is 0.883. The third-order valence-corrected chi connectivity index (χ3v) is 3.42. The Morgan fingerprint density at radius 3 is 2.57 bits per heavy atom. The molecule has 6 nitrogen and oxygen atoms in total. The van der Waals surface area contributed by atoms with Gasteiger partial charge in [-0.3, -0.25) is 9.78 Å². The number of rotatable bonds is 3. The number of nitrogens with zero attached hydrogens (tertiary/aromatic N) is 2. The lowest BCUT2D eigenvalue weighted by Crippen LogP contribution is -2.50. The maximum atomic E-state index is 12.2. The molecule has 0 aliphatic carbocycles. The summed E-state index contributed by atoms with van der Waals surface area (Å²) in [4.78, 5) is 29.8. The number of hydrogen-bond acceptors (Lipinski definition) is 3. The van der Waals surface area contributed by atoms with Crippen molar-refractivity contribution in [1.82, 2.24) is 20.5 Å². The largest absolute Gasteiger partial charge is 0.337 e. The number of hydrogen-bond donors (Lipinski definition) is 2. The van der Waals surface area contributed by atoms with Crippen LogP contribution >= 0.6 is 0 Å². The Kier molecular flexibility index (Phi) is 5.14. The molecule has 6 heteroatoms. The number of likely N-dealkylation sites (tertiary alicyclic amines) is 1. The van der Waals surface area contributed by atoms with Crippen molar-refractivity contribution in [3.63, 3.8) is 0 Å². The monoisotopic (exact) mass is 290 g/mol. The van der Waals surface area contributed by atoms with Gasteiger partial charge in [0.15, 0.2) is 0 Å². The maximum absolute atomic E-state index is 12.2. The molecule has 1 saturated heterocycles. The summed E-state index contributed by atoms with van der Waals surface area (Å²) in [5.41, 5.74) is 0.474. The van der Waals surface area contributed by atoms with Crippen LogP contribution < -0.4 is 10.6 Å². The van der Waals surface area contributed by atoms with Crippen LogP contribution in [0.1, 0.15) is 37.2 Å². The van der Waals surface area contributed by atoms with Crippen LogP contribution in [0.2, 0.25) is 0 Å². The lowest BCUT2D eigenvalue weighted by molar-refractivity contribution is 0.0702. The van der Waals surface area contributed by atoms with Crippen LogP contribution in [0.5, 0.6) is 0 Å². The van der Waals surface area contributed by atoms with Crippen molar-refractivity contribution in [3.8, 4) is 0 Å². The van der Waals surface area contributed by atoms with Crippen LogP contribution in [0.15, 0.2) is 24.4 Å². The Labute approximate surface area is 124 Å². The smallest absolute Gasteiger partial charge is 0.315 e. The highest BCUT2D eigenvalue weighted by atomic mass is 16.2. The number of carbonyl (C=O) groups is 2. The fourth-order valence-corrected chi connectivity index (χ4v) is 2.37. The van der Waals surface area contributed by atoms with Crippen molar-refractivity contribution < 1.29 is 9.59 Å². The number of urea groups is 1. The van der Waals surface area contributed by atoms with Gasteiger partial charge in [0.2, 0.25) is 0 Å². The summed E-state index contributed by atoms with van der Waals surface area (Å²) in [5.74, 6) is -0.0410. The van der Waals surface area contributed by atoms with Crippen molar-refractivity contribution in [2.45, 2.75) is 38.8 Å². The van der Waals surface area contributed by atoms with E-state index in [1.54, 1.807) is 23.2 Å². The average Bonchev–Trinajstić information content (AvgIpc) is 2.47. The summed E-state index contributed by atoms with van der Waals surface area (Å²) < 4.78 is 0. The van der Waals surface area contributed by atoms with Gasteiger partial charge in [-0.2, -0.15) is 0 Å². The highest BCUT2D eigenvalue weighted by molar-refractivity contribution is 5.92. The minimum Gasteiger partial charge on any atom is -0.337 e. The number of aromatic nitrogens is 1. The molecule has 1 aromatic heterocycles. The summed E-state index contributed by atoms with van der Waals surface area (Å²) in [5, 5.41) is 5.76. The van der Waals surface area contributed by atoms with Gasteiger partial charge in [-0.05, 0) is 38.8 Å². The minimum absolute atomic E-state index is 0.0410. The molecule has 0 atom stereocenters. The van der Waals surface area contributed by atoms with Crippen molar-refractivity contribution in [2.24, 2.45) is 0 Å². The van der Waals surface area contributed by atoms with Gasteiger partial charge in [0.1, 0.15) is 5.69 Å². The third kappa shape index (κ3) is 4.44. The Morgan fingerprint density at radius 2 is 2.00 bits per heavy atom. The first-order chi connectivity index (χ1) is 10.1. The van der Waals surface area contributed by atoms with Crippen LogP contribution in [-0.2, 0) is 0 Å². The Hall–Kier alpha value is -2.11. The Morgan fingerprint density at radius 1 is 1.29 bits per heavy atom. The molecule has 0 spiro atoms. The molecule has 1 fully saturated rings. The van der Waals surface area contributed by atoms with E-state index in [0.29, 0.717) is 18.8 Å². The van der Waals surface area contributed by atoms with Gasteiger partial charge in [-0.25, -0.2) is 4.79 Å². The molecule has 21 heavy (non-hydrogen) atoms. The second-order valence-electron chi connectivity index (χ2n) is 5.55. The lowest BCUT2D eigenvalue weighted by Gasteiger charge is -2.32. The average molecular weight is 290 g/mol. The minimum atomic E-state index is -0.139. The molecule has 0 bridgehead atoms. The molecule has 1 aliphatic rings. The molecule has 0 unspecified atom stereocenters. The summed E-state index contributed by atoms with van der Waals surface area (Å²) >= 11 is 0. The van der Waals surface area contributed by atoms with Crippen molar-refractivity contribution in [2.75, 3.05) is 13.1 Å². The first kappa shape index (κ1) is 15.3. The second-order valence-corrected chi connectivity index (χ2v) is 5.55. The zero-order valence-electron chi connectivity index (χ0n) is 12.5. The van der Waals surface area contributed by atoms with E-state index in [1.165, 1.54) is 0 Å². The molecule has 3 amide bonds. The Balaban J connectivity index is 1.81. The summed E-state index contributed by atoms with van der Waals surface area (Å²) in [7, 11) is 0. The predicted molar refractivity (Wildman–Crippen MR) is 80.0 cm³/mol. The molecule has 1 aromatic rings. The van der Waals surface area contributed by atoms with Gasteiger partial charge in [0.25, 0.3) is 5.91 Å². The third-order valence-electron chi connectivity index (χ3n) is 3.42. The van der Waals surface area contributed by atoms with E-state index in [9.17, 15) is 9.59 Å². The van der Waals surface area contributed by atoms with Crippen LogP contribution in [-0.4, -0.2) is 47.0 Å². The SMILES string of the molecule is CC(C)NC(=O)NC1CCN(C(=O)c2ccccn2)CC1. The van der Waals surface area contributed by atoms with Crippen molar-refractivity contribution in [3.05, 3.63) is 30.1 Å². The lowest BCUT2D eigenvalue weighted by atomic mass is 10.0. The maximum Gasteiger partial charge on any atom is 0.315 e. The summed E-state index contributed by atoms with van der Waals surface area (Å²) in [6.45, 7) is 5.13. The molecule has 114 valence electrons. The second kappa shape index (κ2) is 7.06.